The molecule has 0 saturated carbocycles. The van der Waals surface area contributed by atoms with Crippen LogP contribution in [0, 0.1) is 0 Å². The van der Waals surface area contributed by atoms with E-state index in [1.54, 1.807) is 18.2 Å². The maximum Gasteiger partial charge on any atom is 0.249 e. The predicted octanol–water partition coefficient (Wildman–Crippen LogP) is 1.97. The van der Waals surface area contributed by atoms with Crippen LogP contribution in [-0.4, -0.2) is 6.61 Å². The summed E-state index contributed by atoms with van der Waals surface area (Å²) >= 11 is 5.88. The lowest BCUT2D eigenvalue weighted by atomic mass is 9.98. The molecule has 0 aromatic heterocycles. The quantitative estimate of drug-likeness (QED) is 0.858. The van der Waals surface area contributed by atoms with Crippen LogP contribution in [0.25, 0.3) is 11.1 Å². The summed E-state index contributed by atoms with van der Waals surface area (Å²) in [5, 5.41) is 0.502. The first-order valence-corrected chi connectivity index (χ1v) is 5.95. The van der Waals surface area contributed by atoms with Gasteiger partial charge in [0.1, 0.15) is 5.75 Å². The second kappa shape index (κ2) is 4.82. The topological polar surface area (TPSA) is 69.4 Å². The Hall–Kier alpha value is -1.81. The first kappa shape index (κ1) is 12.6. The molecule has 0 spiro atoms. The van der Waals surface area contributed by atoms with Crippen LogP contribution >= 0.6 is 11.6 Å². The molecule has 0 radical (unpaired) electrons. The zero-order chi connectivity index (χ0) is 13.3. The molecule has 0 unspecified atom stereocenters. The van der Waals surface area contributed by atoms with E-state index < -0.39 is 10.9 Å². The molecule has 5 heteroatoms. The van der Waals surface area contributed by atoms with Crippen molar-refractivity contribution >= 4 is 17.3 Å². The van der Waals surface area contributed by atoms with Gasteiger partial charge in [-0.3, -0.25) is 9.59 Å². The van der Waals surface area contributed by atoms with Gasteiger partial charge in [-0.25, -0.2) is 0 Å². The van der Waals surface area contributed by atoms with Crippen molar-refractivity contribution in [1.82, 2.24) is 0 Å². The number of nitrogens with two attached hydrogens (primary N) is 1. The van der Waals surface area contributed by atoms with Gasteiger partial charge in [0.2, 0.25) is 10.9 Å². The van der Waals surface area contributed by atoms with E-state index in [1.165, 1.54) is 0 Å². The lowest BCUT2D eigenvalue weighted by molar-refractivity contribution is 0.318. The number of anilines is 1. The van der Waals surface area contributed by atoms with Gasteiger partial charge < -0.3 is 10.5 Å². The fourth-order valence-electron chi connectivity index (χ4n) is 1.71. The average molecular weight is 266 g/mol. The van der Waals surface area contributed by atoms with Crippen molar-refractivity contribution in [1.29, 1.82) is 0 Å². The number of benzene rings is 1. The molecule has 0 aliphatic rings. The molecular formula is C13H12ClNO3. The maximum atomic E-state index is 11.5. The Morgan fingerprint density at radius 3 is 2.61 bits per heavy atom. The minimum Gasteiger partial charge on any atom is -0.493 e. The standard InChI is InChI=1S/C13H12ClNO3/c1-2-5-18-9-6-7(14)3-4-8(9)10-11(15)13(17)12(10)16/h3-4,6H,2,5,15H2,1H3. The molecule has 0 saturated heterocycles. The Morgan fingerprint density at radius 2 is 2.00 bits per heavy atom. The minimum atomic E-state index is -0.638. The highest BCUT2D eigenvalue weighted by Crippen LogP contribution is 2.33. The van der Waals surface area contributed by atoms with Crippen molar-refractivity contribution in [3.8, 4) is 16.9 Å². The van der Waals surface area contributed by atoms with Crippen molar-refractivity contribution in [2.24, 2.45) is 0 Å². The van der Waals surface area contributed by atoms with E-state index in [2.05, 4.69) is 0 Å². The smallest absolute Gasteiger partial charge is 0.249 e. The lowest BCUT2D eigenvalue weighted by Crippen LogP contribution is -2.35. The maximum absolute atomic E-state index is 11.5. The second-order valence-corrected chi connectivity index (χ2v) is 4.37. The van der Waals surface area contributed by atoms with Crippen LogP contribution in [-0.2, 0) is 0 Å². The number of hydrogen-bond acceptors (Lipinski definition) is 4. The summed E-state index contributed by atoms with van der Waals surface area (Å²) in [6, 6.07) is 4.88. The molecule has 0 aliphatic heterocycles. The van der Waals surface area contributed by atoms with Crippen LogP contribution in [0.3, 0.4) is 0 Å². The van der Waals surface area contributed by atoms with Gasteiger partial charge in [0, 0.05) is 10.6 Å². The van der Waals surface area contributed by atoms with Gasteiger partial charge in [-0.05, 0) is 24.6 Å². The third-order valence-corrected chi connectivity index (χ3v) is 2.86. The third-order valence-electron chi connectivity index (χ3n) is 2.62. The van der Waals surface area contributed by atoms with Crippen molar-refractivity contribution in [3.63, 3.8) is 0 Å². The van der Waals surface area contributed by atoms with Gasteiger partial charge in [-0.15, -0.1) is 0 Å². The van der Waals surface area contributed by atoms with Gasteiger partial charge >= 0.3 is 0 Å². The second-order valence-electron chi connectivity index (χ2n) is 3.94. The van der Waals surface area contributed by atoms with E-state index in [0.29, 0.717) is 22.9 Å². The summed E-state index contributed by atoms with van der Waals surface area (Å²) in [6.45, 7) is 2.47. The van der Waals surface area contributed by atoms with Gasteiger partial charge in [-0.1, -0.05) is 18.5 Å². The van der Waals surface area contributed by atoms with Crippen LogP contribution in [0.15, 0.2) is 27.8 Å². The van der Waals surface area contributed by atoms with Gasteiger partial charge in [0.25, 0.3) is 0 Å². The summed E-state index contributed by atoms with van der Waals surface area (Å²) in [6.07, 6.45) is 0.827. The molecule has 2 N–H and O–H groups in total. The van der Waals surface area contributed by atoms with Crippen molar-refractivity contribution in [2.75, 3.05) is 12.3 Å². The first-order valence-electron chi connectivity index (χ1n) is 5.57. The fourth-order valence-corrected chi connectivity index (χ4v) is 1.87. The molecule has 4 nitrogen and oxygen atoms in total. The molecular weight excluding hydrogens is 254 g/mol. The monoisotopic (exact) mass is 265 g/mol. The van der Waals surface area contributed by atoms with Crippen molar-refractivity contribution < 1.29 is 4.74 Å². The number of hydrogen-bond donors (Lipinski definition) is 1. The van der Waals surface area contributed by atoms with Crippen LogP contribution in [0.4, 0.5) is 5.69 Å². The van der Waals surface area contributed by atoms with Crippen LogP contribution in [0.1, 0.15) is 13.3 Å². The number of nitrogen functional groups attached to an aromatic ring is 1. The zero-order valence-electron chi connectivity index (χ0n) is 9.83. The minimum absolute atomic E-state index is 0.0105. The van der Waals surface area contributed by atoms with E-state index in [0.717, 1.165) is 6.42 Å². The third kappa shape index (κ3) is 1.99. The van der Waals surface area contributed by atoms with Crippen molar-refractivity contribution in [3.05, 3.63) is 43.7 Å². The number of ether oxygens (including phenoxy) is 1. The first-order chi connectivity index (χ1) is 8.56. The average Bonchev–Trinajstić information content (AvgIpc) is 2.38. The Bertz CT molecular complexity index is 657. The van der Waals surface area contributed by atoms with Gasteiger partial charge in [0.05, 0.1) is 17.9 Å². The molecule has 94 valence electrons. The highest BCUT2D eigenvalue weighted by atomic mass is 35.5. The molecule has 0 fully saturated rings. The molecule has 0 aliphatic carbocycles. The molecule has 0 heterocycles. The largest absolute Gasteiger partial charge is 0.493 e. The summed E-state index contributed by atoms with van der Waals surface area (Å²) in [7, 11) is 0. The molecule has 2 aromatic carbocycles. The molecule has 0 atom stereocenters. The van der Waals surface area contributed by atoms with Crippen LogP contribution in [0.5, 0.6) is 5.75 Å². The Morgan fingerprint density at radius 1 is 1.28 bits per heavy atom. The van der Waals surface area contributed by atoms with E-state index in [4.69, 9.17) is 22.1 Å². The van der Waals surface area contributed by atoms with Crippen molar-refractivity contribution in [2.45, 2.75) is 13.3 Å². The summed E-state index contributed by atoms with van der Waals surface area (Å²) in [5.74, 6) is 0.475. The Labute approximate surface area is 109 Å². The van der Waals surface area contributed by atoms with E-state index in [-0.39, 0.29) is 11.3 Å². The molecule has 2 rings (SSSR count). The predicted molar refractivity (Wildman–Crippen MR) is 72.0 cm³/mol. The highest BCUT2D eigenvalue weighted by Gasteiger charge is 2.22. The lowest BCUT2D eigenvalue weighted by Gasteiger charge is -2.13. The fraction of sp³-hybridized carbons (Fsp3) is 0.231. The zero-order valence-corrected chi connectivity index (χ0v) is 10.6. The summed E-state index contributed by atoms with van der Waals surface area (Å²) in [4.78, 5) is 22.6. The SMILES string of the molecule is CCCOc1cc(Cl)ccc1-c1c(N)c(=O)c1=O. The molecule has 18 heavy (non-hydrogen) atoms. The molecule has 0 bridgehead atoms. The van der Waals surface area contributed by atoms with E-state index in [1.807, 2.05) is 6.92 Å². The summed E-state index contributed by atoms with van der Waals surface area (Å²) < 4.78 is 5.52. The summed E-state index contributed by atoms with van der Waals surface area (Å²) in [5.41, 5.74) is 5.07. The molecule has 0 amide bonds. The normalized spacial score (nSPS) is 10.8. The van der Waals surface area contributed by atoms with Crippen LogP contribution < -0.4 is 21.3 Å². The molecule has 2 aromatic rings. The Balaban J connectivity index is 2.51. The Kier molecular flexibility index (Phi) is 3.39. The number of halogens is 1. The van der Waals surface area contributed by atoms with Crippen LogP contribution in [0.2, 0.25) is 5.02 Å². The van der Waals surface area contributed by atoms with E-state index in [9.17, 15) is 9.59 Å². The van der Waals surface area contributed by atoms with Gasteiger partial charge in [0.15, 0.2) is 0 Å². The number of rotatable bonds is 4. The highest BCUT2D eigenvalue weighted by molar-refractivity contribution is 6.30. The van der Waals surface area contributed by atoms with E-state index >= 15 is 0 Å². The van der Waals surface area contributed by atoms with Gasteiger partial charge in [-0.2, -0.15) is 0 Å².